The second-order valence-corrected chi connectivity index (χ2v) is 10.1. The van der Waals surface area contributed by atoms with Crippen LogP contribution in [0.4, 0.5) is 10.5 Å². The highest BCUT2D eigenvalue weighted by Gasteiger charge is 2.36. The zero-order valence-corrected chi connectivity index (χ0v) is 23.3. The molecule has 0 atom stereocenters. The highest BCUT2D eigenvalue weighted by atomic mass is 127. The van der Waals surface area contributed by atoms with Gasteiger partial charge in [-0.3, -0.25) is 14.9 Å². The van der Waals surface area contributed by atoms with Gasteiger partial charge in [-0.25, -0.2) is 9.69 Å². The molecule has 1 saturated heterocycles. The lowest BCUT2D eigenvalue weighted by atomic mass is 10.1. The van der Waals surface area contributed by atoms with Crippen molar-refractivity contribution in [3.8, 4) is 11.5 Å². The normalized spacial score (nSPS) is 14.7. The highest BCUT2D eigenvalue weighted by molar-refractivity contribution is 14.1. The van der Waals surface area contributed by atoms with Gasteiger partial charge in [-0.1, -0.05) is 40.9 Å². The fourth-order valence-corrected chi connectivity index (χ4v) is 4.94. The molecule has 37 heavy (non-hydrogen) atoms. The molecule has 0 aliphatic carbocycles. The van der Waals surface area contributed by atoms with Gasteiger partial charge in [0.2, 0.25) is 0 Å². The van der Waals surface area contributed by atoms with Crippen LogP contribution in [-0.4, -0.2) is 24.5 Å². The average Bonchev–Trinajstić information content (AvgIpc) is 2.82. The molecule has 0 saturated carbocycles. The van der Waals surface area contributed by atoms with E-state index in [-0.39, 0.29) is 5.57 Å². The highest BCUT2D eigenvalue weighted by Crippen LogP contribution is 2.36. The minimum Gasteiger partial charge on any atom is -0.490 e. The van der Waals surface area contributed by atoms with E-state index in [1.807, 2.05) is 20.8 Å². The summed E-state index contributed by atoms with van der Waals surface area (Å²) in [5, 5.41) is 2.68. The van der Waals surface area contributed by atoms with Crippen LogP contribution in [0.1, 0.15) is 29.2 Å². The number of nitrogens with zero attached hydrogens (tertiary/aromatic N) is 1. The molecule has 0 bridgehead atoms. The SMILES string of the molecule is CCOc1cc(/C=C2\C(=O)NC(=O)N(c3ccc(Cl)cc3)C2=O)cc(I)c1OCc1cc(C)cc(C)c1. The Kier molecular flexibility index (Phi) is 8.19. The molecule has 0 radical (unpaired) electrons. The molecule has 3 aromatic carbocycles. The molecule has 1 fully saturated rings. The van der Waals surface area contributed by atoms with Crippen LogP contribution in [0.15, 0.2) is 60.2 Å². The number of barbiturate groups is 1. The van der Waals surface area contributed by atoms with Crippen LogP contribution in [0.3, 0.4) is 0 Å². The smallest absolute Gasteiger partial charge is 0.335 e. The third kappa shape index (κ3) is 6.14. The Bertz CT molecular complexity index is 1400. The van der Waals surface area contributed by atoms with Crippen molar-refractivity contribution in [3.05, 3.63) is 91.0 Å². The van der Waals surface area contributed by atoms with Crippen molar-refractivity contribution in [2.45, 2.75) is 27.4 Å². The summed E-state index contributed by atoms with van der Waals surface area (Å²) in [6.07, 6.45) is 1.44. The van der Waals surface area contributed by atoms with Gasteiger partial charge in [0.1, 0.15) is 12.2 Å². The second-order valence-electron chi connectivity index (χ2n) is 8.48. The van der Waals surface area contributed by atoms with E-state index in [1.165, 1.54) is 18.2 Å². The number of aryl methyl sites for hydroxylation is 2. The van der Waals surface area contributed by atoms with Crippen molar-refractivity contribution in [2.75, 3.05) is 11.5 Å². The van der Waals surface area contributed by atoms with Gasteiger partial charge in [0.25, 0.3) is 11.8 Å². The van der Waals surface area contributed by atoms with Crippen LogP contribution >= 0.6 is 34.2 Å². The first-order chi connectivity index (χ1) is 17.7. The summed E-state index contributed by atoms with van der Waals surface area (Å²) in [5.41, 5.74) is 4.01. The predicted molar refractivity (Wildman–Crippen MR) is 151 cm³/mol. The van der Waals surface area contributed by atoms with Crippen molar-refractivity contribution < 1.29 is 23.9 Å². The van der Waals surface area contributed by atoms with Gasteiger partial charge in [-0.15, -0.1) is 0 Å². The number of rotatable bonds is 7. The quantitative estimate of drug-likeness (QED) is 0.191. The Morgan fingerprint density at radius 3 is 2.30 bits per heavy atom. The van der Waals surface area contributed by atoms with E-state index in [9.17, 15) is 14.4 Å². The number of hydrogen-bond donors (Lipinski definition) is 1. The molecular weight excluding hydrogens is 607 g/mol. The van der Waals surface area contributed by atoms with Gasteiger partial charge in [-0.2, -0.15) is 0 Å². The topological polar surface area (TPSA) is 84.9 Å². The van der Waals surface area contributed by atoms with Crippen LogP contribution in [0.2, 0.25) is 5.02 Å². The number of ether oxygens (including phenoxy) is 2. The molecule has 0 spiro atoms. The summed E-state index contributed by atoms with van der Waals surface area (Å²) < 4.78 is 12.7. The molecule has 3 aromatic rings. The van der Waals surface area contributed by atoms with Gasteiger partial charge in [0.15, 0.2) is 11.5 Å². The number of nitrogens with one attached hydrogen (secondary N) is 1. The standard InChI is InChI=1S/C28H24ClIN2O5/c1-4-36-24-14-18(13-23(30)25(24)37-15-19-10-16(2)9-17(3)11-19)12-22-26(33)31-28(35)32(27(22)34)21-7-5-20(29)6-8-21/h5-14H,4,15H2,1-3H3,(H,31,33,35)/b22-12+. The average molecular weight is 631 g/mol. The molecule has 0 aromatic heterocycles. The maximum Gasteiger partial charge on any atom is 0.335 e. The Morgan fingerprint density at radius 1 is 0.973 bits per heavy atom. The van der Waals surface area contributed by atoms with E-state index in [1.54, 1.807) is 24.3 Å². The lowest BCUT2D eigenvalue weighted by Gasteiger charge is -2.26. The van der Waals surface area contributed by atoms with E-state index in [0.29, 0.717) is 41.0 Å². The summed E-state index contributed by atoms with van der Waals surface area (Å²) in [6, 6.07) is 15.1. The van der Waals surface area contributed by atoms with Crippen molar-refractivity contribution in [1.29, 1.82) is 0 Å². The number of carbonyl (C=O) groups excluding carboxylic acids is 3. The van der Waals surface area contributed by atoms with Crippen LogP contribution in [-0.2, 0) is 16.2 Å². The van der Waals surface area contributed by atoms with Gasteiger partial charge in [0, 0.05) is 5.02 Å². The van der Waals surface area contributed by atoms with Crippen LogP contribution in [0.5, 0.6) is 11.5 Å². The van der Waals surface area contributed by atoms with Crippen LogP contribution in [0, 0.1) is 17.4 Å². The predicted octanol–water partition coefficient (Wildman–Crippen LogP) is 6.21. The molecule has 190 valence electrons. The summed E-state index contributed by atoms with van der Waals surface area (Å²) in [7, 11) is 0. The van der Waals surface area contributed by atoms with Gasteiger partial charge >= 0.3 is 6.03 Å². The first-order valence-corrected chi connectivity index (χ1v) is 12.9. The van der Waals surface area contributed by atoms with Crippen molar-refractivity contribution >= 4 is 63.8 Å². The lowest BCUT2D eigenvalue weighted by Crippen LogP contribution is -2.54. The number of amides is 4. The number of anilines is 1. The summed E-state index contributed by atoms with van der Waals surface area (Å²) in [6.45, 7) is 6.70. The molecule has 0 unspecified atom stereocenters. The largest absolute Gasteiger partial charge is 0.490 e. The van der Waals surface area contributed by atoms with E-state index in [0.717, 1.165) is 25.2 Å². The number of hydrogen-bond acceptors (Lipinski definition) is 5. The van der Waals surface area contributed by atoms with E-state index in [4.69, 9.17) is 21.1 Å². The zero-order valence-electron chi connectivity index (χ0n) is 20.4. The third-order valence-corrected chi connectivity index (χ3v) is 6.55. The fraction of sp³-hybridized carbons (Fsp3) is 0.179. The maximum absolute atomic E-state index is 13.2. The molecule has 1 aliphatic heterocycles. The molecule has 1 heterocycles. The molecular formula is C28H24ClIN2O5. The third-order valence-electron chi connectivity index (χ3n) is 5.49. The minimum atomic E-state index is -0.825. The maximum atomic E-state index is 13.2. The Hall–Kier alpha value is -3.37. The number of benzene rings is 3. The monoisotopic (exact) mass is 630 g/mol. The number of urea groups is 1. The lowest BCUT2D eigenvalue weighted by molar-refractivity contribution is -0.122. The fourth-order valence-electron chi connectivity index (χ4n) is 4.03. The molecule has 9 heteroatoms. The van der Waals surface area contributed by atoms with Gasteiger partial charge in [-0.05, 0) is 97.0 Å². The van der Waals surface area contributed by atoms with Crippen LogP contribution in [0.25, 0.3) is 6.08 Å². The van der Waals surface area contributed by atoms with Crippen molar-refractivity contribution in [1.82, 2.24) is 5.32 Å². The molecule has 4 rings (SSSR count). The minimum absolute atomic E-state index is 0.184. The number of imide groups is 2. The van der Waals surface area contributed by atoms with E-state index in [2.05, 4.69) is 46.1 Å². The number of carbonyl (C=O) groups is 3. The van der Waals surface area contributed by atoms with E-state index >= 15 is 0 Å². The second kappa shape index (κ2) is 11.4. The molecule has 7 nitrogen and oxygen atoms in total. The summed E-state index contributed by atoms with van der Waals surface area (Å²) in [4.78, 5) is 39.1. The Labute approximate surface area is 233 Å². The van der Waals surface area contributed by atoms with Crippen molar-refractivity contribution in [3.63, 3.8) is 0 Å². The Morgan fingerprint density at radius 2 is 1.65 bits per heavy atom. The van der Waals surface area contributed by atoms with E-state index < -0.39 is 17.8 Å². The summed E-state index contributed by atoms with van der Waals surface area (Å²) >= 11 is 8.06. The molecule has 4 amide bonds. The number of halogens is 2. The van der Waals surface area contributed by atoms with Crippen LogP contribution < -0.4 is 19.7 Å². The Balaban J connectivity index is 1.66. The molecule has 1 N–H and O–H groups in total. The van der Waals surface area contributed by atoms with Crippen molar-refractivity contribution in [2.24, 2.45) is 0 Å². The first kappa shape index (κ1) is 26.7. The summed E-state index contributed by atoms with van der Waals surface area (Å²) in [5.74, 6) is -0.455. The molecule has 1 aliphatic rings. The zero-order chi connectivity index (χ0) is 26.7. The van der Waals surface area contributed by atoms with Gasteiger partial charge in [0.05, 0.1) is 15.9 Å². The van der Waals surface area contributed by atoms with Gasteiger partial charge < -0.3 is 9.47 Å². The first-order valence-electron chi connectivity index (χ1n) is 11.5.